The lowest BCUT2D eigenvalue weighted by Crippen LogP contribution is -2.11. The molecule has 0 amide bonds. The highest BCUT2D eigenvalue weighted by Gasteiger charge is 2.17. The number of hydrogen-bond acceptors (Lipinski definition) is 5. The molecule has 0 fully saturated rings. The number of fused-ring (bicyclic) bond motifs is 1. The van der Waals surface area contributed by atoms with Gasteiger partial charge >= 0.3 is 5.97 Å². The fourth-order valence-corrected chi connectivity index (χ4v) is 2.65. The Morgan fingerprint density at radius 2 is 2.00 bits per heavy atom. The van der Waals surface area contributed by atoms with Crippen molar-refractivity contribution in [3.05, 3.63) is 71.4 Å². The Morgan fingerprint density at radius 3 is 2.72 bits per heavy atom. The van der Waals surface area contributed by atoms with Crippen LogP contribution in [0.4, 0.5) is 5.69 Å². The molecule has 0 aliphatic carbocycles. The SMILES string of the molecule is CCOC(=O)c1cnc2c(C#N)cccc2c1NCc1ccccc1. The van der Waals surface area contributed by atoms with E-state index in [1.807, 2.05) is 36.4 Å². The Morgan fingerprint density at radius 1 is 1.20 bits per heavy atom. The minimum atomic E-state index is -0.435. The fourth-order valence-electron chi connectivity index (χ4n) is 2.65. The van der Waals surface area contributed by atoms with Crippen LogP contribution in [-0.4, -0.2) is 17.6 Å². The lowest BCUT2D eigenvalue weighted by molar-refractivity contribution is 0.0527. The van der Waals surface area contributed by atoms with Gasteiger partial charge in [0, 0.05) is 18.1 Å². The lowest BCUT2D eigenvalue weighted by atomic mass is 10.1. The first kappa shape index (κ1) is 16.5. The number of anilines is 1. The third-order valence-electron chi connectivity index (χ3n) is 3.83. The fraction of sp³-hybridized carbons (Fsp3) is 0.150. The maximum absolute atomic E-state index is 12.3. The molecule has 3 aromatic rings. The van der Waals surface area contributed by atoms with Gasteiger partial charge in [0.1, 0.15) is 11.6 Å². The van der Waals surface area contributed by atoms with Crippen LogP contribution >= 0.6 is 0 Å². The van der Waals surface area contributed by atoms with E-state index < -0.39 is 5.97 Å². The predicted octanol–water partition coefficient (Wildman–Crippen LogP) is 3.90. The molecule has 0 radical (unpaired) electrons. The number of ether oxygens (including phenoxy) is 1. The molecule has 0 atom stereocenters. The van der Waals surface area contributed by atoms with Gasteiger partial charge in [-0.05, 0) is 18.6 Å². The summed E-state index contributed by atoms with van der Waals surface area (Å²) in [5.41, 5.74) is 3.10. The monoisotopic (exact) mass is 331 g/mol. The maximum atomic E-state index is 12.3. The van der Waals surface area contributed by atoms with Crippen molar-refractivity contribution in [2.45, 2.75) is 13.5 Å². The van der Waals surface area contributed by atoms with E-state index in [1.165, 1.54) is 6.20 Å². The smallest absolute Gasteiger partial charge is 0.341 e. The summed E-state index contributed by atoms with van der Waals surface area (Å²) in [6.45, 7) is 2.59. The van der Waals surface area contributed by atoms with E-state index >= 15 is 0 Å². The quantitative estimate of drug-likeness (QED) is 0.718. The number of aromatic nitrogens is 1. The first-order valence-corrected chi connectivity index (χ1v) is 8.01. The molecule has 3 rings (SSSR count). The van der Waals surface area contributed by atoms with Gasteiger partial charge in [-0.25, -0.2) is 4.79 Å². The number of nitrogens with zero attached hydrogens (tertiary/aromatic N) is 2. The Labute approximate surface area is 145 Å². The van der Waals surface area contributed by atoms with E-state index in [0.29, 0.717) is 28.9 Å². The number of para-hydroxylation sites is 1. The zero-order chi connectivity index (χ0) is 17.6. The van der Waals surface area contributed by atoms with Crippen LogP contribution in [0.15, 0.2) is 54.7 Å². The van der Waals surface area contributed by atoms with Gasteiger partial charge in [0.05, 0.1) is 23.4 Å². The second-order valence-electron chi connectivity index (χ2n) is 5.42. The van der Waals surface area contributed by atoms with Crippen LogP contribution in [0.3, 0.4) is 0 Å². The number of hydrogen-bond donors (Lipinski definition) is 1. The zero-order valence-electron chi connectivity index (χ0n) is 13.8. The molecular weight excluding hydrogens is 314 g/mol. The van der Waals surface area contributed by atoms with Gasteiger partial charge in [0.15, 0.2) is 0 Å². The molecule has 0 aliphatic heterocycles. The molecular formula is C20H17N3O2. The summed E-state index contributed by atoms with van der Waals surface area (Å²) in [6.07, 6.45) is 1.47. The Bertz CT molecular complexity index is 946. The van der Waals surface area contributed by atoms with Gasteiger partial charge in [-0.1, -0.05) is 42.5 Å². The zero-order valence-corrected chi connectivity index (χ0v) is 13.8. The number of carbonyl (C=O) groups is 1. The molecule has 0 spiro atoms. The largest absolute Gasteiger partial charge is 0.462 e. The predicted molar refractivity (Wildman–Crippen MR) is 96.2 cm³/mol. The lowest BCUT2D eigenvalue weighted by Gasteiger charge is -2.14. The van der Waals surface area contributed by atoms with Crippen molar-refractivity contribution in [2.24, 2.45) is 0 Å². The van der Waals surface area contributed by atoms with Crippen LogP contribution in [0.25, 0.3) is 10.9 Å². The normalized spacial score (nSPS) is 10.2. The van der Waals surface area contributed by atoms with Gasteiger partial charge in [-0.3, -0.25) is 4.98 Å². The summed E-state index contributed by atoms with van der Waals surface area (Å²) in [5.74, 6) is -0.435. The number of nitrogens with one attached hydrogen (secondary N) is 1. The summed E-state index contributed by atoms with van der Waals surface area (Å²) < 4.78 is 5.14. The van der Waals surface area contributed by atoms with Crippen LogP contribution in [-0.2, 0) is 11.3 Å². The van der Waals surface area contributed by atoms with Crippen molar-refractivity contribution < 1.29 is 9.53 Å². The van der Waals surface area contributed by atoms with Crippen LogP contribution in [0.5, 0.6) is 0 Å². The van der Waals surface area contributed by atoms with Crippen molar-refractivity contribution in [3.8, 4) is 6.07 Å². The maximum Gasteiger partial charge on any atom is 0.341 e. The number of rotatable bonds is 5. The Balaban J connectivity index is 2.09. The molecule has 0 unspecified atom stereocenters. The van der Waals surface area contributed by atoms with Crippen molar-refractivity contribution in [2.75, 3.05) is 11.9 Å². The standard InChI is InChI=1S/C20H17N3O2/c1-2-25-20(24)17-13-23-18-15(11-21)9-6-10-16(18)19(17)22-12-14-7-4-3-5-8-14/h3-10,13H,2,12H2,1H3,(H,22,23). The highest BCUT2D eigenvalue weighted by molar-refractivity contribution is 6.05. The van der Waals surface area contributed by atoms with Crippen LogP contribution in [0.1, 0.15) is 28.4 Å². The second kappa shape index (κ2) is 7.45. The van der Waals surface area contributed by atoms with E-state index in [4.69, 9.17) is 4.74 Å². The molecule has 25 heavy (non-hydrogen) atoms. The molecule has 5 nitrogen and oxygen atoms in total. The minimum absolute atomic E-state index is 0.285. The minimum Gasteiger partial charge on any atom is -0.462 e. The van der Waals surface area contributed by atoms with Gasteiger partial charge in [-0.2, -0.15) is 5.26 Å². The van der Waals surface area contributed by atoms with E-state index in [9.17, 15) is 10.1 Å². The van der Waals surface area contributed by atoms with Crippen molar-refractivity contribution in [1.82, 2.24) is 4.98 Å². The first-order chi connectivity index (χ1) is 12.2. The van der Waals surface area contributed by atoms with Gasteiger partial charge in [0.2, 0.25) is 0 Å². The van der Waals surface area contributed by atoms with Gasteiger partial charge < -0.3 is 10.1 Å². The Hall–Kier alpha value is -3.39. The topological polar surface area (TPSA) is 75.0 Å². The average Bonchev–Trinajstić information content (AvgIpc) is 2.66. The molecule has 5 heteroatoms. The summed E-state index contributed by atoms with van der Waals surface area (Å²) in [5, 5.41) is 13.3. The summed E-state index contributed by atoms with van der Waals surface area (Å²) in [6, 6.07) is 17.4. The molecule has 1 aromatic heterocycles. The number of pyridine rings is 1. The van der Waals surface area contributed by atoms with Gasteiger partial charge in [-0.15, -0.1) is 0 Å². The van der Waals surface area contributed by atoms with Crippen molar-refractivity contribution in [1.29, 1.82) is 5.26 Å². The number of benzene rings is 2. The number of nitriles is 1. The van der Waals surface area contributed by atoms with Crippen LogP contribution in [0, 0.1) is 11.3 Å². The van der Waals surface area contributed by atoms with Gasteiger partial charge in [0.25, 0.3) is 0 Å². The van der Waals surface area contributed by atoms with E-state index in [2.05, 4.69) is 16.4 Å². The summed E-state index contributed by atoms with van der Waals surface area (Å²) in [7, 11) is 0. The second-order valence-corrected chi connectivity index (χ2v) is 5.42. The third-order valence-corrected chi connectivity index (χ3v) is 3.83. The highest BCUT2D eigenvalue weighted by atomic mass is 16.5. The number of carbonyl (C=O) groups excluding carboxylic acids is 1. The van der Waals surface area contributed by atoms with Crippen molar-refractivity contribution >= 4 is 22.6 Å². The van der Waals surface area contributed by atoms with Crippen LogP contribution < -0.4 is 5.32 Å². The Kier molecular flexibility index (Phi) is 4.91. The molecule has 0 saturated heterocycles. The highest BCUT2D eigenvalue weighted by Crippen LogP contribution is 2.29. The summed E-state index contributed by atoms with van der Waals surface area (Å²) in [4.78, 5) is 16.6. The average molecular weight is 331 g/mol. The first-order valence-electron chi connectivity index (χ1n) is 8.01. The number of esters is 1. The molecule has 0 bridgehead atoms. The molecule has 1 heterocycles. The third kappa shape index (κ3) is 3.43. The molecule has 124 valence electrons. The van der Waals surface area contributed by atoms with Crippen molar-refractivity contribution in [3.63, 3.8) is 0 Å². The van der Waals surface area contributed by atoms with Crippen LogP contribution in [0.2, 0.25) is 0 Å². The molecule has 1 N–H and O–H groups in total. The van der Waals surface area contributed by atoms with E-state index in [-0.39, 0.29) is 6.61 Å². The summed E-state index contributed by atoms with van der Waals surface area (Å²) >= 11 is 0. The van der Waals surface area contributed by atoms with E-state index in [1.54, 1.807) is 19.1 Å². The molecule has 2 aromatic carbocycles. The van der Waals surface area contributed by atoms with E-state index in [0.717, 1.165) is 10.9 Å². The molecule has 0 saturated carbocycles. The molecule has 0 aliphatic rings.